The highest BCUT2D eigenvalue weighted by atomic mass is 16.5. The minimum Gasteiger partial charge on any atom is -0.507 e. The quantitative estimate of drug-likeness (QED) is 0.849. The largest absolute Gasteiger partial charge is 0.507 e. The summed E-state index contributed by atoms with van der Waals surface area (Å²) in [5, 5.41) is 9.91. The van der Waals surface area contributed by atoms with Gasteiger partial charge in [0.15, 0.2) is 0 Å². The van der Waals surface area contributed by atoms with E-state index in [4.69, 9.17) is 4.74 Å². The van der Waals surface area contributed by atoms with Crippen LogP contribution in [-0.2, 0) is 0 Å². The van der Waals surface area contributed by atoms with E-state index >= 15 is 0 Å². The zero-order chi connectivity index (χ0) is 12.4. The second kappa shape index (κ2) is 4.50. The topological polar surface area (TPSA) is 29.5 Å². The normalized spacial score (nSPS) is 10.3. The summed E-state index contributed by atoms with van der Waals surface area (Å²) in [5.74, 6) is 1.14. The number of phenols is 1. The molecule has 0 saturated heterocycles. The average Bonchev–Trinajstić information content (AvgIpc) is 2.32. The van der Waals surface area contributed by atoms with Crippen LogP contribution in [0.15, 0.2) is 36.4 Å². The molecule has 0 aromatic heterocycles. The lowest BCUT2D eigenvalue weighted by Gasteiger charge is -2.10. The zero-order valence-electron chi connectivity index (χ0n) is 10.3. The minimum atomic E-state index is 0.309. The number of hydrogen-bond acceptors (Lipinski definition) is 2. The third-order valence-corrected chi connectivity index (χ3v) is 2.88. The van der Waals surface area contributed by atoms with Crippen molar-refractivity contribution in [3.63, 3.8) is 0 Å². The molecule has 0 saturated carbocycles. The maximum absolute atomic E-state index is 9.91. The van der Waals surface area contributed by atoms with Crippen LogP contribution in [0.25, 0.3) is 11.1 Å². The molecule has 0 heterocycles. The lowest BCUT2D eigenvalue weighted by molar-refractivity contribution is 0.414. The van der Waals surface area contributed by atoms with E-state index in [-0.39, 0.29) is 0 Å². The number of phenolic OH excluding ortho intramolecular Hbond substituents is 1. The van der Waals surface area contributed by atoms with Crippen molar-refractivity contribution in [2.75, 3.05) is 7.11 Å². The first-order chi connectivity index (χ1) is 8.11. The van der Waals surface area contributed by atoms with E-state index in [1.54, 1.807) is 13.2 Å². The molecule has 0 amide bonds. The van der Waals surface area contributed by atoms with Gasteiger partial charge < -0.3 is 9.84 Å². The molecule has 17 heavy (non-hydrogen) atoms. The number of ether oxygens (including phenoxy) is 1. The summed E-state index contributed by atoms with van der Waals surface area (Å²) in [6.45, 7) is 4.03. The van der Waals surface area contributed by atoms with Crippen molar-refractivity contribution >= 4 is 0 Å². The fourth-order valence-electron chi connectivity index (χ4n) is 1.93. The van der Waals surface area contributed by atoms with Crippen LogP contribution in [0.3, 0.4) is 0 Å². The molecule has 0 aliphatic carbocycles. The van der Waals surface area contributed by atoms with Gasteiger partial charge in [0.05, 0.1) is 7.11 Å². The van der Waals surface area contributed by atoms with Gasteiger partial charge in [0.2, 0.25) is 0 Å². The Labute approximate surface area is 101 Å². The number of methoxy groups -OCH3 is 1. The zero-order valence-corrected chi connectivity index (χ0v) is 10.3. The number of aromatic hydroxyl groups is 1. The molecule has 2 rings (SSSR count). The van der Waals surface area contributed by atoms with Crippen molar-refractivity contribution in [3.05, 3.63) is 47.5 Å². The van der Waals surface area contributed by atoms with Crippen molar-refractivity contribution in [2.24, 2.45) is 0 Å². The van der Waals surface area contributed by atoms with E-state index in [1.807, 2.05) is 44.2 Å². The van der Waals surface area contributed by atoms with Gasteiger partial charge in [-0.3, -0.25) is 0 Å². The molecule has 0 atom stereocenters. The van der Waals surface area contributed by atoms with Crippen LogP contribution in [0.2, 0.25) is 0 Å². The summed E-state index contributed by atoms with van der Waals surface area (Å²) in [5.41, 5.74) is 4.12. The second-order valence-corrected chi connectivity index (χ2v) is 4.20. The molecule has 2 nitrogen and oxygen atoms in total. The van der Waals surface area contributed by atoms with Gasteiger partial charge in [0, 0.05) is 5.56 Å². The standard InChI is InChI=1S/C15H16O2/c1-10-4-7-15(16)14(8-10)13-6-5-12(17-3)9-11(13)2/h4-9,16H,1-3H3. The Morgan fingerprint density at radius 1 is 0.941 bits per heavy atom. The number of benzene rings is 2. The van der Waals surface area contributed by atoms with Gasteiger partial charge in [-0.15, -0.1) is 0 Å². The third-order valence-electron chi connectivity index (χ3n) is 2.88. The highest BCUT2D eigenvalue weighted by molar-refractivity contribution is 5.74. The Hall–Kier alpha value is -1.96. The lowest BCUT2D eigenvalue weighted by atomic mass is 9.98. The monoisotopic (exact) mass is 228 g/mol. The van der Waals surface area contributed by atoms with E-state index in [9.17, 15) is 5.11 Å². The van der Waals surface area contributed by atoms with Crippen molar-refractivity contribution < 1.29 is 9.84 Å². The van der Waals surface area contributed by atoms with Crippen LogP contribution in [0.5, 0.6) is 11.5 Å². The Balaban J connectivity index is 2.56. The van der Waals surface area contributed by atoms with Gasteiger partial charge in [-0.1, -0.05) is 17.7 Å². The Morgan fingerprint density at radius 2 is 1.71 bits per heavy atom. The first-order valence-electron chi connectivity index (χ1n) is 5.56. The number of aryl methyl sites for hydroxylation is 2. The van der Waals surface area contributed by atoms with Crippen LogP contribution >= 0.6 is 0 Å². The molecule has 2 aromatic carbocycles. The maximum Gasteiger partial charge on any atom is 0.123 e. The molecule has 0 spiro atoms. The highest BCUT2D eigenvalue weighted by Gasteiger charge is 2.08. The van der Waals surface area contributed by atoms with Crippen molar-refractivity contribution in [1.82, 2.24) is 0 Å². The highest BCUT2D eigenvalue weighted by Crippen LogP contribution is 2.33. The summed E-state index contributed by atoms with van der Waals surface area (Å²) < 4.78 is 5.18. The van der Waals surface area contributed by atoms with Gasteiger partial charge >= 0.3 is 0 Å². The summed E-state index contributed by atoms with van der Waals surface area (Å²) in [6, 6.07) is 11.5. The van der Waals surface area contributed by atoms with E-state index in [1.165, 1.54) is 0 Å². The van der Waals surface area contributed by atoms with Crippen molar-refractivity contribution in [1.29, 1.82) is 0 Å². The molecule has 0 bridgehead atoms. The van der Waals surface area contributed by atoms with Crippen LogP contribution in [0.1, 0.15) is 11.1 Å². The lowest BCUT2D eigenvalue weighted by Crippen LogP contribution is -1.88. The number of hydrogen-bond donors (Lipinski definition) is 1. The minimum absolute atomic E-state index is 0.309. The molecular weight excluding hydrogens is 212 g/mol. The molecule has 0 fully saturated rings. The summed E-state index contributed by atoms with van der Waals surface area (Å²) >= 11 is 0. The van der Waals surface area contributed by atoms with Crippen molar-refractivity contribution in [2.45, 2.75) is 13.8 Å². The molecule has 2 heteroatoms. The molecule has 1 N–H and O–H groups in total. The fourth-order valence-corrected chi connectivity index (χ4v) is 1.93. The third kappa shape index (κ3) is 2.26. The Bertz CT molecular complexity index is 545. The van der Waals surface area contributed by atoms with Crippen LogP contribution in [-0.4, -0.2) is 12.2 Å². The SMILES string of the molecule is COc1ccc(-c2cc(C)ccc2O)c(C)c1. The average molecular weight is 228 g/mol. The first kappa shape index (κ1) is 11.5. The molecule has 0 unspecified atom stereocenters. The molecule has 88 valence electrons. The molecular formula is C15H16O2. The van der Waals surface area contributed by atoms with E-state index in [0.29, 0.717) is 5.75 Å². The van der Waals surface area contributed by atoms with Gasteiger partial charge in [-0.25, -0.2) is 0 Å². The molecule has 0 aliphatic heterocycles. The van der Waals surface area contributed by atoms with Gasteiger partial charge in [-0.2, -0.15) is 0 Å². The van der Waals surface area contributed by atoms with Crippen LogP contribution in [0, 0.1) is 13.8 Å². The second-order valence-electron chi connectivity index (χ2n) is 4.20. The Morgan fingerprint density at radius 3 is 2.35 bits per heavy atom. The summed E-state index contributed by atoms with van der Waals surface area (Å²) in [7, 11) is 1.65. The van der Waals surface area contributed by atoms with Crippen LogP contribution < -0.4 is 4.74 Å². The van der Waals surface area contributed by atoms with Gasteiger partial charge in [0.1, 0.15) is 11.5 Å². The Kier molecular flexibility index (Phi) is 3.05. The van der Waals surface area contributed by atoms with Gasteiger partial charge in [0.25, 0.3) is 0 Å². The van der Waals surface area contributed by atoms with Gasteiger partial charge in [-0.05, 0) is 49.2 Å². The number of rotatable bonds is 2. The summed E-state index contributed by atoms with van der Waals surface area (Å²) in [6.07, 6.45) is 0. The fraction of sp³-hybridized carbons (Fsp3) is 0.200. The predicted molar refractivity (Wildman–Crippen MR) is 69.6 cm³/mol. The molecule has 0 radical (unpaired) electrons. The van der Waals surface area contributed by atoms with Crippen molar-refractivity contribution in [3.8, 4) is 22.6 Å². The molecule has 0 aliphatic rings. The smallest absolute Gasteiger partial charge is 0.123 e. The van der Waals surface area contributed by atoms with E-state index in [0.717, 1.165) is 28.0 Å². The predicted octanol–water partition coefficient (Wildman–Crippen LogP) is 3.68. The summed E-state index contributed by atoms with van der Waals surface area (Å²) in [4.78, 5) is 0. The van der Waals surface area contributed by atoms with E-state index in [2.05, 4.69) is 0 Å². The molecule has 2 aromatic rings. The maximum atomic E-state index is 9.91. The van der Waals surface area contributed by atoms with Crippen LogP contribution in [0.4, 0.5) is 0 Å². The first-order valence-corrected chi connectivity index (χ1v) is 5.56. The van der Waals surface area contributed by atoms with E-state index < -0.39 is 0 Å².